The van der Waals surface area contributed by atoms with E-state index in [1.54, 1.807) is 20.5 Å². The Kier molecular flexibility index (Phi) is 4.96. The predicted octanol–water partition coefficient (Wildman–Crippen LogP) is 2.30. The van der Waals surface area contributed by atoms with Gasteiger partial charge >= 0.3 is 6.03 Å². The molecule has 1 unspecified atom stereocenters. The van der Waals surface area contributed by atoms with Crippen molar-refractivity contribution in [3.05, 3.63) is 10.6 Å². The molecule has 144 valence electrons. The van der Waals surface area contributed by atoms with Crippen molar-refractivity contribution in [2.45, 2.75) is 51.5 Å². The fraction of sp³-hybridized carbons (Fsp3) is 0.765. The minimum Gasteiger partial charge on any atom is -0.324 e. The van der Waals surface area contributed by atoms with E-state index in [1.807, 2.05) is 0 Å². The van der Waals surface area contributed by atoms with Gasteiger partial charge in [0.1, 0.15) is 0 Å². The van der Waals surface area contributed by atoms with Crippen molar-refractivity contribution in [2.75, 3.05) is 30.7 Å². The lowest BCUT2D eigenvalue weighted by Gasteiger charge is -2.35. The fourth-order valence-corrected chi connectivity index (χ4v) is 7.15. The second-order valence-electron chi connectivity index (χ2n) is 7.67. The van der Waals surface area contributed by atoms with E-state index in [2.05, 4.69) is 17.2 Å². The van der Waals surface area contributed by atoms with E-state index in [0.29, 0.717) is 43.5 Å². The molecule has 4 rings (SSSR count). The number of urea groups is 1. The molecule has 26 heavy (non-hydrogen) atoms. The molecule has 0 aromatic carbocycles. The SMILES string of the molecule is CC1CCc2nc(NC(=O)N3CCC(N4CCCS4(=O)=O)CC3)sc2C1. The van der Waals surface area contributed by atoms with Crippen molar-refractivity contribution >= 4 is 32.5 Å². The lowest BCUT2D eigenvalue weighted by Crippen LogP contribution is -2.48. The molecule has 2 amide bonds. The molecule has 0 bridgehead atoms. The lowest BCUT2D eigenvalue weighted by molar-refractivity contribution is 0.170. The van der Waals surface area contributed by atoms with Gasteiger partial charge in [0.15, 0.2) is 5.13 Å². The van der Waals surface area contributed by atoms with Crippen LogP contribution in [0.2, 0.25) is 0 Å². The maximum Gasteiger partial charge on any atom is 0.323 e. The molecule has 2 aliphatic heterocycles. The highest BCUT2D eigenvalue weighted by Gasteiger charge is 2.36. The van der Waals surface area contributed by atoms with Crippen LogP contribution in [0.3, 0.4) is 0 Å². The first-order chi connectivity index (χ1) is 12.4. The summed E-state index contributed by atoms with van der Waals surface area (Å²) in [5.41, 5.74) is 1.14. The Morgan fingerprint density at radius 1 is 1.23 bits per heavy atom. The van der Waals surface area contributed by atoms with E-state index in [0.717, 1.165) is 31.4 Å². The zero-order chi connectivity index (χ0) is 18.3. The third kappa shape index (κ3) is 3.61. The summed E-state index contributed by atoms with van der Waals surface area (Å²) in [6, 6.07) is -0.0768. The monoisotopic (exact) mass is 398 g/mol. The maximum atomic E-state index is 12.5. The average Bonchev–Trinajstić information content (AvgIpc) is 3.16. The standard InChI is InChI=1S/C17H26N4O3S2/c1-12-3-4-14-15(11-12)25-16(18-14)19-17(22)20-8-5-13(6-9-20)21-7-2-10-26(21,23)24/h12-13H,2-11H2,1H3,(H,18,19,22). The summed E-state index contributed by atoms with van der Waals surface area (Å²) in [7, 11) is -3.07. The molecule has 2 saturated heterocycles. The molecule has 0 saturated carbocycles. The normalized spacial score (nSPS) is 26.7. The first-order valence-corrected chi connectivity index (χ1v) is 11.9. The maximum absolute atomic E-state index is 12.5. The molecule has 1 N–H and O–H groups in total. The minimum atomic E-state index is -3.07. The molecule has 1 aromatic heterocycles. The number of hydrogen-bond donors (Lipinski definition) is 1. The lowest BCUT2D eigenvalue weighted by atomic mass is 9.93. The summed E-state index contributed by atoms with van der Waals surface area (Å²) in [6.07, 6.45) is 5.35. The number of aryl methyl sites for hydroxylation is 1. The van der Waals surface area contributed by atoms with Crippen LogP contribution >= 0.6 is 11.3 Å². The van der Waals surface area contributed by atoms with Gasteiger partial charge in [-0.25, -0.2) is 18.2 Å². The number of rotatable bonds is 2. The summed E-state index contributed by atoms with van der Waals surface area (Å²) >= 11 is 1.59. The number of thiazole rings is 1. The summed E-state index contributed by atoms with van der Waals surface area (Å²) in [4.78, 5) is 20.2. The summed E-state index contributed by atoms with van der Waals surface area (Å²) in [5, 5.41) is 3.64. The molecular formula is C17H26N4O3S2. The van der Waals surface area contributed by atoms with Gasteiger partial charge in [-0.3, -0.25) is 5.32 Å². The van der Waals surface area contributed by atoms with Crippen LogP contribution in [0.4, 0.5) is 9.93 Å². The van der Waals surface area contributed by atoms with Gasteiger partial charge < -0.3 is 4.90 Å². The van der Waals surface area contributed by atoms with Crippen LogP contribution in [0.25, 0.3) is 0 Å². The van der Waals surface area contributed by atoms with Gasteiger partial charge in [-0.05, 0) is 44.4 Å². The molecule has 2 fully saturated rings. The highest BCUT2D eigenvalue weighted by atomic mass is 32.2. The van der Waals surface area contributed by atoms with Crippen molar-refractivity contribution in [2.24, 2.45) is 5.92 Å². The van der Waals surface area contributed by atoms with Crippen LogP contribution in [-0.2, 0) is 22.9 Å². The second kappa shape index (κ2) is 7.09. The predicted molar refractivity (Wildman–Crippen MR) is 102 cm³/mol. The highest BCUT2D eigenvalue weighted by molar-refractivity contribution is 7.89. The molecule has 7 nitrogen and oxygen atoms in total. The molecule has 3 heterocycles. The number of carbonyl (C=O) groups excluding carboxylic acids is 1. The number of sulfonamides is 1. The minimum absolute atomic E-state index is 0.0419. The summed E-state index contributed by atoms with van der Waals surface area (Å²) < 4.78 is 25.8. The van der Waals surface area contributed by atoms with Crippen molar-refractivity contribution in [1.82, 2.24) is 14.2 Å². The van der Waals surface area contributed by atoms with Crippen molar-refractivity contribution in [3.63, 3.8) is 0 Å². The molecule has 3 aliphatic rings. The van der Waals surface area contributed by atoms with Crippen LogP contribution in [0.1, 0.15) is 43.2 Å². The smallest absolute Gasteiger partial charge is 0.323 e. The first-order valence-electron chi connectivity index (χ1n) is 9.46. The largest absolute Gasteiger partial charge is 0.324 e. The van der Waals surface area contributed by atoms with Crippen LogP contribution in [0.15, 0.2) is 0 Å². The van der Waals surface area contributed by atoms with E-state index in [1.165, 1.54) is 4.88 Å². The average molecular weight is 399 g/mol. The Balaban J connectivity index is 1.33. The molecule has 1 aliphatic carbocycles. The first kappa shape index (κ1) is 18.2. The molecule has 0 radical (unpaired) electrons. The molecule has 0 spiro atoms. The van der Waals surface area contributed by atoms with Crippen molar-refractivity contribution in [1.29, 1.82) is 0 Å². The van der Waals surface area contributed by atoms with Crippen molar-refractivity contribution in [3.8, 4) is 0 Å². The van der Waals surface area contributed by atoms with E-state index < -0.39 is 10.0 Å². The Morgan fingerprint density at radius 2 is 2.00 bits per heavy atom. The number of anilines is 1. The van der Waals surface area contributed by atoms with Gasteiger partial charge in [-0.2, -0.15) is 4.31 Å². The number of carbonyl (C=O) groups is 1. The van der Waals surface area contributed by atoms with Gasteiger partial charge in [0.05, 0.1) is 11.4 Å². The molecule has 1 aromatic rings. The van der Waals surface area contributed by atoms with Gasteiger partial charge in [0.25, 0.3) is 0 Å². The summed E-state index contributed by atoms with van der Waals surface area (Å²) in [6.45, 7) is 4.06. The number of aromatic nitrogens is 1. The quantitative estimate of drug-likeness (QED) is 0.829. The Morgan fingerprint density at radius 3 is 2.69 bits per heavy atom. The molecule has 1 atom stereocenters. The number of likely N-dealkylation sites (tertiary alicyclic amines) is 1. The number of nitrogens with zero attached hydrogens (tertiary/aromatic N) is 3. The van der Waals surface area contributed by atoms with E-state index >= 15 is 0 Å². The third-order valence-corrected chi connectivity index (χ3v) is 8.73. The Labute approximate surface area is 158 Å². The van der Waals surface area contributed by atoms with Gasteiger partial charge in [-0.1, -0.05) is 6.92 Å². The number of piperidine rings is 1. The van der Waals surface area contributed by atoms with Crippen LogP contribution in [0.5, 0.6) is 0 Å². The van der Waals surface area contributed by atoms with Crippen molar-refractivity contribution < 1.29 is 13.2 Å². The Bertz CT molecular complexity index is 784. The van der Waals surface area contributed by atoms with E-state index in [4.69, 9.17) is 0 Å². The summed E-state index contributed by atoms with van der Waals surface area (Å²) in [5.74, 6) is 0.952. The number of nitrogens with one attached hydrogen (secondary N) is 1. The Hall–Kier alpha value is -1.19. The van der Waals surface area contributed by atoms with E-state index in [-0.39, 0.29) is 17.8 Å². The highest BCUT2D eigenvalue weighted by Crippen LogP contribution is 2.32. The van der Waals surface area contributed by atoms with Gasteiger partial charge in [0.2, 0.25) is 10.0 Å². The zero-order valence-electron chi connectivity index (χ0n) is 15.1. The number of hydrogen-bond acceptors (Lipinski definition) is 5. The number of fused-ring (bicyclic) bond motifs is 1. The second-order valence-corrected chi connectivity index (χ2v) is 10.8. The third-order valence-electron chi connectivity index (χ3n) is 5.70. The number of amides is 2. The fourth-order valence-electron chi connectivity index (χ4n) is 4.19. The van der Waals surface area contributed by atoms with Crippen LogP contribution in [-0.4, -0.2) is 60.1 Å². The van der Waals surface area contributed by atoms with Crippen LogP contribution < -0.4 is 5.32 Å². The molecule has 9 heteroatoms. The van der Waals surface area contributed by atoms with E-state index in [9.17, 15) is 13.2 Å². The zero-order valence-corrected chi connectivity index (χ0v) is 16.7. The van der Waals surface area contributed by atoms with Gasteiger partial charge in [-0.15, -0.1) is 11.3 Å². The topological polar surface area (TPSA) is 82.6 Å². The molecular weight excluding hydrogens is 372 g/mol. The van der Waals surface area contributed by atoms with Gasteiger partial charge in [0, 0.05) is 30.6 Å². The van der Waals surface area contributed by atoms with Crippen LogP contribution in [0, 0.1) is 5.92 Å².